The Bertz CT molecular complexity index is 671. The predicted octanol–water partition coefficient (Wildman–Crippen LogP) is 2.84. The van der Waals surface area contributed by atoms with E-state index in [4.69, 9.17) is 11.6 Å². The number of rotatable bonds is 3. The molecule has 0 bridgehead atoms. The normalized spacial score (nSPS) is 11.2. The second kappa shape index (κ2) is 4.96. The summed E-state index contributed by atoms with van der Waals surface area (Å²) in [7, 11) is -3.71. The quantitative estimate of drug-likeness (QED) is 0.942. The van der Waals surface area contributed by atoms with E-state index in [-0.39, 0.29) is 9.92 Å². The maximum Gasteiger partial charge on any atom is 0.264 e. The second-order valence-corrected chi connectivity index (χ2v) is 5.76. The lowest BCUT2D eigenvalue weighted by Crippen LogP contribution is -2.15. The zero-order valence-electron chi connectivity index (χ0n) is 9.59. The van der Waals surface area contributed by atoms with Crippen molar-refractivity contribution in [2.75, 3.05) is 4.72 Å². The molecule has 0 saturated carbocycles. The van der Waals surface area contributed by atoms with Gasteiger partial charge in [-0.25, -0.2) is 13.4 Å². The molecule has 0 unspecified atom stereocenters. The fourth-order valence-electron chi connectivity index (χ4n) is 1.44. The first-order valence-corrected chi connectivity index (χ1v) is 7.06. The first-order valence-electron chi connectivity index (χ1n) is 5.20. The van der Waals surface area contributed by atoms with Gasteiger partial charge in [-0.1, -0.05) is 29.8 Å². The highest BCUT2D eigenvalue weighted by Crippen LogP contribution is 2.23. The predicted molar refractivity (Wildman–Crippen MR) is 71.2 cm³/mol. The molecule has 18 heavy (non-hydrogen) atoms. The van der Waals surface area contributed by atoms with Crippen molar-refractivity contribution in [3.63, 3.8) is 0 Å². The van der Waals surface area contributed by atoms with Crippen molar-refractivity contribution in [1.82, 2.24) is 4.98 Å². The van der Waals surface area contributed by atoms with Crippen LogP contribution >= 0.6 is 11.6 Å². The van der Waals surface area contributed by atoms with Crippen LogP contribution in [0.25, 0.3) is 0 Å². The summed E-state index contributed by atoms with van der Waals surface area (Å²) in [5.74, 6) is 0.303. The molecule has 1 heterocycles. The zero-order chi connectivity index (χ0) is 13.2. The minimum absolute atomic E-state index is 0.0386. The number of sulfonamides is 1. The summed E-state index contributed by atoms with van der Waals surface area (Å²) in [6.07, 6.45) is 1.53. The highest BCUT2D eigenvalue weighted by atomic mass is 35.5. The Hall–Kier alpha value is -1.59. The number of anilines is 1. The van der Waals surface area contributed by atoms with E-state index >= 15 is 0 Å². The third-order valence-electron chi connectivity index (χ3n) is 2.37. The fraction of sp³-hybridized carbons (Fsp3) is 0.0833. The highest BCUT2D eigenvalue weighted by molar-refractivity contribution is 7.92. The summed E-state index contributed by atoms with van der Waals surface area (Å²) in [5.41, 5.74) is 0.744. The minimum atomic E-state index is -3.71. The Morgan fingerprint density at radius 3 is 2.56 bits per heavy atom. The van der Waals surface area contributed by atoms with E-state index in [1.807, 2.05) is 0 Å². The van der Waals surface area contributed by atoms with E-state index in [1.165, 1.54) is 18.3 Å². The number of pyridine rings is 1. The van der Waals surface area contributed by atoms with Crippen LogP contribution in [-0.4, -0.2) is 13.4 Å². The highest BCUT2D eigenvalue weighted by Gasteiger charge is 2.18. The van der Waals surface area contributed by atoms with Gasteiger partial charge in [0.1, 0.15) is 10.7 Å². The SMILES string of the molecule is Cc1cccnc1NS(=O)(=O)c1ccccc1Cl. The van der Waals surface area contributed by atoms with Gasteiger partial charge in [0.05, 0.1) is 5.02 Å². The Labute approximate surface area is 111 Å². The fourth-order valence-corrected chi connectivity index (χ4v) is 3.04. The molecule has 1 aromatic carbocycles. The van der Waals surface area contributed by atoms with Gasteiger partial charge in [-0.15, -0.1) is 0 Å². The molecule has 0 aliphatic rings. The van der Waals surface area contributed by atoms with Crippen LogP contribution < -0.4 is 4.72 Å². The molecule has 2 rings (SSSR count). The van der Waals surface area contributed by atoms with Gasteiger partial charge in [0.15, 0.2) is 0 Å². The number of nitrogens with zero attached hydrogens (tertiary/aromatic N) is 1. The number of halogens is 1. The lowest BCUT2D eigenvalue weighted by molar-refractivity contribution is 0.601. The maximum absolute atomic E-state index is 12.1. The number of hydrogen-bond donors (Lipinski definition) is 1. The zero-order valence-corrected chi connectivity index (χ0v) is 11.2. The summed E-state index contributed by atoms with van der Waals surface area (Å²) in [5, 5.41) is 0.179. The molecule has 0 amide bonds. The topological polar surface area (TPSA) is 59.1 Å². The van der Waals surface area contributed by atoms with E-state index in [9.17, 15) is 8.42 Å². The Balaban J connectivity index is 2.40. The summed E-state index contributed by atoms with van der Waals surface area (Å²) in [6, 6.07) is 9.78. The van der Waals surface area contributed by atoms with Gasteiger partial charge in [0.25, 0.3) is 10.0 Å². The van der Waals surface area contributed by atoms with Crippen LogP contribution in [0.5, 0.6) is 0 Å². The van der Waals surface area contributed by atoms with E-state index in [0.29, 0.717) is 5.82 Å². The molecule has 0 saturated heterocycles. The summed E-state index contributed by atoms with van der Waals surface area (Å²) in [4.78, 5) is 4.02. The smallest absolute Gasteiger partial charge is 0.263 e. The van der Waals surface area contributed by atoms with Crippen LogP contribution in [0, 0.1) is 6.92 Å². The molecule has 6 heteroatoms. The molecule has 4 nitrogen and oxygen atoms in total. The van der Waals surface area contributed by atoms with Crippen LogP contribution in [0.1, 0.15) is 5.56 Å². The van der Waals surface area contributed by atoms with E-state index in [0.717, 1.165) is 5.56 Å². The molecular formula is C12H11ClN2O2S. The van der Waals surface area contributed by atoms with Crippen LogP contribution in [0.3, 0.4) is 0 Å². The molecule has 2 aromatic rings. The van der Waals surface area contributed by atoms with Gasteiger partial charge < -0.3 is 0 Å². The van der Waals surface area contributed by atoms with E-state index in [1.54, 1.807) is 31.2 Å². The van der Waals surface area contributed by atoms with Gasteiger partial charge in [-0.2, -0.15) is 0 Å². The molecule has 0 spiro atoms. The van der Waals surface area contributed by atoms with Crippen LogP contribution in [-0.2, 0) is 10.0 Å². The molecule has 0 fully saturated rings. The molecule has 0 radical (unpaired) electrons. The summed E-state index contributed by atoms with van der Waals surface area (Å²) in [6.45, 7) is 1.78. The Morgan fingerprint density at radius 1 is 1.17 bits per heavy atom. The minimum Gasteiger partial charge on any atom is -0.263 e. The average Bonchev–Trinajstić information content (AvgIpc) is 2.32. The lowest BCUT2D eigenvalue weighted by Gasteiger charge is -2.10. The van der Waals surface area contributed by atoms with Gasteiger partial charge in [-0.05, 0) is 30.7 Å². The van der Waals surface area contributed by atoms with Gasteiger partial charge >= 0.3 is 0 Å². The molecule has 1 N–H and O–H groups in total. The molecule has 1 aromatic heterocycles. The Kier molecular flexibility index (Phi) is 3.54. The second-order valence-electron chi connectivity index (χ2n) is 3.70. The molecule has 0 aliphatic carbocycles. The molecule has 0 aliphatic heterocycles. The van der Waals surface area contributed by atoms with Crippen molar-refractivity contribution < 1.29 is 8.42 Å². The molecule has 94 valence electrons. The van der Waals surface area contributed by atoms with Crippen LogP contribution in [0.2, 0.25) is 5.02 Å². The van der Waals surface area contributed by atoms with Crippen molar-refractivity contribution in [2.24, 2.45) is 0 Å². The maximum atomic E-state index is 12.1. The number of aromatic nitrogens is 1. The number of benzene rings is 1. The van der Waals surface area contributed by atoms with E-state index < -0.39 is 10.0 Å². The third kappa shape index (κ3) is 2.63. The standard InChI is InChI=1S/C12H11ClN2O2S/c1-9-5-4-8-14-12(9)15-18(16,17)11-7-3-2-6-10(11)13/h2-8H,1H3,(H,14,15). The monoisotopic (exact) mass is 282 g/mol. The van der Waals surface area contributed by atoms with Crippen molar-refractivity contribution in [2.45, 2.75) is 11.8 Å². The summed E-state index contributed by atoms with van der Waals surface area (Å²) >= 11 is 5.88. The van der Waals surface area contributed by atoms with Gasteiger partial charge in [0, 0.05) is 6.20 Å². The van der Waals surface area contributed by atoms with Crippen molar-refractivity contribution in [1.29, 1.82) is 0 Å². The van der Waals surface area contributed by atoms with E-state index in [2.05, 4.69) is 9.71 Å². The first-order chi connectivity index (χ1) is 8.50. The first kappa shape index (κ1) is 12.9. The average molecular weight is 283 g/mol. The van der Waals surface area contributed by atoms with Gasteiger partial charge in [-0.3, -0.25) is 4.72 Å². The molecular weight excluding hydrogens is 272 g/mol. The lowest BCUT2D eigenvalue weighted by atomic mass is 10.3. The number of hydrogen-bond acceptors (Lipinski definition) is 3. The van der Waals surface area contributed by atoms with Gasteiger partial charge in [0.2, 0.25) is 0 Å². The number of nitrogens with one attached hydrogen (secondary N) is 1. The van der Waals surface area contributed by atoms with Crippen LogP contribution in [0.15, 0.2) is 47.5 Å². The van der Waals surface area contributed by atoms with Crippen LogP contribution in [0.4, 0.5) is 5.82 Å². The largest absolute Gasteiger partial charge is 0.264 e. The van der Waals surface area contributed by atoms with Crippen molar-refractivity contribution >= 4 is 27.4 Å². The van der Waals surface area contributed by atoms with Crippen molar-refractivity contribution in [3.8, 4) is 0 Å². The summed E-state index contributed by atoms with van der Waals surface area (Å²) < 4.78 is 26.7. The third-order valence-corrected chi connectivity index (χ3v) is 4.21. The Morgan fingerprint density at radius 2 is 1.89 bits per heavy atom. The molecule has 0 atom stereocenters. The van der Waals surface area contributed by atoms with Crippen molar-refractivity contribution in [3.05, 3.63) is 53.2 Å². The number of aryl methyl sites for hydroxylation is 1.